The third kappa shape index (κ3) is 3.28. The van der Waals surface area contributed by atoms with Crippen molar-refractivity contribution in [2.24, 2.45) is 0 Å². The Balaban J connectivity index is 2.05. The zero-order valence-electron chi connectivity index (χ0n) is 9.50. The maximum absolute atomic E-state index is 9.94. The number of rotatable bonds is 2. The van der Waals surface area contributed by atoms with Crippen molar-refractivity contribution in [1.82, 2.24) is 4.90 Å². The Bertz CT molecular complexity index is 411. The van der Waals surface area contributed by atoms with Crippen molar-refractivity contribution in [2.75, 3.05) is 26.3 Å². The van der Waals surface area contributed by atoms with E-state index in [-0.39, 0.29) is 5.76 Å². The van der Waals surface area contributed by atoms with Gasteiger partial charge in [0, 0.05) is 24.7 Å². The molecule has 1 aliphatic rings. The number of thiocarbonyl (C=S) groups is 1. The molecule has 1 aromatic rings. The quantitative estimate of drug-likeness (QED) is 0.495. The predicted octanol–water partition coefficient (Wildman–Crippen LogP) is 2.25. The molecule has 2 rings (SSSR count). The molecule has 1 saturated heterocycles. The zero-order valence-corrected chi connectivity index (χ0v) is 10.3. The minimum absolute atomic E-state index is 0.210. The summed E-state index contributed by atoms with van der Waals surface area (Å²) >= 11 is 5.28. The molecule has 1 aliphatic heterocycles. The van der Waals surface area contributed by atoms with E-state index in [1.807, 2.05) is 35.2 Å². The summed E-state index contributed by atoms with van der Waals surface area (Å²) in [6, 6.07) is 9.40. The Kier molecular flexibility index (Phi) is 4.12. The molecule has 0 atom stereocenters. The smallest absolute Gasteiger partial charge is 0.125 e. The molecule has 1 fully saturated rings. The van der Waals surface area contributed by atoms with Crippen molar-refractivity contribution in [3.05, 3.63) is 42.0 Å². The van der Waals surface area contributed by atoms with Gasteiger partial charge in [0.05, 0.1) is 13.2 Å². The largest absolute Gasteiger partial charge is 0.507 e. The zero-order chi connectivity index (χ0) is 12.1. The average Bonchev–Trinajstić information content (AvgIpc) is 2.40. The first-order valence-corrected chi connectivity index (χ1v) is 6.01. The summed E-state index contributed by atoms with van der Waals surface area (Å²) in [6.45, 7) is 2.97. The summed E-state index contributed by atoms with van der Waals surface area (Å²) in [7, 11) is 0. The molecular weight excluding hydrogens is 234 g/mol. The van der Waals surface area contributed by atoms with Gasteiger partial charge in [0.2, 0.25) is 0 Å². The Morgan fingerprint density at radius 3 is 2.53 bits per heavy atom. The molecule has 17 heavy (non-hydrogen) atoms. The summed E-state index contributed by atoms with van der Waals surface area (Å²) in [6.07, 6.45) is 1.63. The molecule has 3 nitrogen and oxygen atoms in total. The first-order chi connectivity index (χ1) is 8.27. The molecule has 0 saturated carbocycles. The lowest BCUT2D eigenvalue weighted by Gasteiger charge is -2.27. The number of aliphatic hydroxyl groups is 1. The van der Waals surface area contributed by atoms with E-state index in [4.69, 9.17) is 17.0 Å². The third-order valence-corrected chi connectivity index (χ3v) is 3.03. The second kappa shape index (κ2) is 5.80. The van der Waals surface area contributed by atoms with Gasteiger partial charge in [-0.2, -0.15) is 0 Å². The summed E-state index contributed by atoms with van der Waals surface area (Å²) in [5, 5.41) is 9.94. The summed E-state index contributed by atoms with van der Waals surface area (Å²) in [4.78, 5) is 2.70. The Morgan fingerprint density at radius 2 is 1.88 bits per heavy atom. The van der Waals surface area contributed by atoms with Crippen LogP contribution in [0.5, 0.6) is 0 Å². The Labute approximate surface area is 106 Å². The normalized spacial score (nSPS) is 16.9. The van der Waals surface area contributed by atoms with Gasteiger partial charge in [-0.15, -0.1) is 0 Å². The van der Waals surface area contributed by atoms with Crippen LogP contribution in [0.15, 0.2) is 36.4 Å². The molecule has 4 heteroatoms. The summed E-state index contributed by atoms with van der Waals surface area (Å²) in [5.41, 5.74) is 0.781. The topological polar surface area (TPSA) is 32.7 Å². The number of hydrogen-bond acceptors (Lipinski definition) is 3. The number of nitrogens with zero attached hydrogens (tertiary/aromatic N) is 1. The van der Waals surface area contributed by atoms with Gasteiger partial charge in [0.25, 0.3) is 0 Å². The van der Waals surface area contributed by atoms with E-state index in [9.17, 15) is 5.11 Å². The highest BCUT2D eigenvalue weighted by Gasteiger charge is 2.12. The molecule has 0 unspecified atom stereocenters. The van der Waals surface area contributed by atoms with Crippen molar-refractivity contribution in [3.8, 4) is 0 Å². The van der Waals surface area contributed by atoms with Crippen LogP contribution in [0.2, 0.25) is 0 Å². The highest BCUT2D eigenvalue weighted by molar-refractivity contribution is 7.80. The van der Waals surface area contributed by atoms with Crippen molar-refractivity contribution in [2.45, 2.75) is 0 Å². The first-order valence-electron chi connectivity index (χ1n) is 5.60. The van der Waals surface area contributed by atoms with E-state index in [0.717, 1.165) is 18.7 Å². The minimum atomic E-state index is 0.210. The monoisotopic (exact) mass is 249 g/mol. The number of benzene rings is 1. The summed E-state index contributed by atoms with van der Waals surface area (Å²) in [5.74, 6) is 0.210. The molecule has 1 heterocycles. The van der Waals surface area contributed by atoms with E-state index in [2.05, 4.69) is 0 Å². The van der Waals surface area contributed by atoms with Gasteiger partial charge in [-0.1, -0.05) is 42.5 Å². The van der Waals surface area contributed by atoms with E-state index >= 15 is 0 Å². The van der Waals surface area contributed by atoms with Crippen LogP contribution in [0.1, 0.15) is 5.56 Å². The fourth-order valence-corrected chi connectivity index (χ4v) is 1.98. The summed E-state index contributed by atoms with van der Waals surface area (Å²) < 4.78 is 5.25. The standard InChI is InChI=1S/C13H15NO2S/c15-12(11-4-2-1-3-5-11)10-13(17)14-6-8-16-9-7-14/h1-5,10,15H,6-9H2/b12-10-. The highest BCUT2D eigenvalue weighted by atomic mass is 32.1. The van der Waals surface area contributed by atoms with Gasteiger partial charge in [-0.25, -0.2) is 0 Å². The molecule has 1 N–H and O–H groups in total. The van der Waals surface area contributed by atoms with Gasteiger partial charge in [-0.3, -0.25) is 0 Å². The number of hydrogen-bond donors (Lipinski definition) is 1. The minimum Gasteiger partial charge on any atom is -0.507 e. The van der Waals surface area contributed by atoms with Gasteiger partial charge in [-0.05, 0) is 0 Å². The highest BCUT2D eigenvalue weighted by Crippen LogP contribution is 2.12. The predicted molar refractivity (Wildman–Crippen MR) is 72.0 cm³/mol. The molecule has 0 bridgehead atoms. The van der Waals surface area contributed by atoms with Gasteiger partial charge >= 0.3 is 0 Å². The van der Waals surface area contributed by atoms with Crippen LogP contribution < -0.4 is 0 Å². The lowest BCUT2D eigenvalue weighted by molar-refractivity contribution is 0.0694. The first kappa shape index (κ1) is 12.1. The molecule has 0 radical (unpaired) electrons. The van der Waals surface area contributed by atoms with Gasteiger partial charge in [0.1, 0.15) is 10.7 Å². The molecule has 0 spiro atoms. The lowest BCUT2D eigenvalue weighted by atomic mass is 10.2. The van der Waals surface area contributed by atoms with Crippen molar-refractivity contribution in [1.29, 1.82) is 0 Å². The van der Waals surface area contributed by atoms with E-state index in [1.54, 1.807) is 6.08 Å². The molecule has 90 valence electrons. The second-order valence-corrected chi connectivity index (χ2v) is 4.25. The fraction of sp³-hybridized carbons (Fsp3) is 0.308. The number of morpholine rings is 1. The third-order valence-electron chi connectivity index (χ3n) is 2.65. The lowest BCUT2D eigenvalue weighted by Crippen LogP contribution is -2.39. The van der Waals surface area contributed by atoms with E-state index < -0.39 is 0 Å². The molecule has 0 amide bonds. The van der Waals surface area contributed by atoms with Crippen LogP contribution in [-0.2, 0) is 4.74 Å². The van der Waals surface area contributed by atoms with Crippen LogP contribution in [0, 0.1) is 0 Å². The maximum Gasteiger partial charge on any atom is 0.125 e. The van der Waals surface area contributed by atoms with Gasteiger partial charge < -0.3 is 14.7 Å². The Morgan fingerprint density at radius 1 is 1.24 bits per heavy atom. The van der Waals surface area contributed by atoms with Crippen LogP contribution in [0.3, 0.4) is 0 Å². The van der Waals surface area contributed by atoms with Crippen LogP contribution in [-0.4, -0.2) is 41.3 Å². The van der Waals surface area contributed by atoms with Crippen molar-refractivity contribution >= 4 is 23.0 Å². The second-order valence-electron chi connectivity index (χ2n) is 3.83. The fourth-order valence-electron chi connectivity index (χ4n) is 1.68. The van der Waals surface area contributed by atoms with Crippen molar-refractivity contribution < 1.29 is 9.84 Å². The van der Waals surface area contributed by atoms with Crippen molar-refractivity contribution in [3.63, 3.8) is 0 Å². The van der Waals surface area contributed by atoms with Gasteiger partial charge in [0.15, 0.2) is 0 Å². The molecule has 1 aromatic carbocycles. The number of ether oxygens (including phenoxy) is 1. The average molecular weight is 249 g/mol. The number of aliphatic hydroxyl groups excluding tert-OH is 1. The molecular formula is C13H15NO2S. The van der Waals surface area contributed by atoms with Crippen LogP contribution in [0.4, 0.5) is 0 Å². The molecule has 0 aromatic heterocycles. The molecule has 0 aliphatic carbocycles. The Hall–Kier alpha value is -1.39. The van der Waals surface area contributed by atoms with Crippen LogP contribution >= 0.6 is 12.2 Å². The van der Waals surface area contributed by atoms with E-state index in [0.29, 0.717) is 18.2 Å². The maximum atomic E-state index is 9.94. The SMILES string of the molecule is O/C(=C\C(=S)N1CCOCC1)c1ccccc1. The van der Waals surface area contributed by atoms with Crippen LogP contribution in [0.25, 0.3) is 5.76 Å². The van der Waals surface area contributed by atoms with E-state index in [1.165, 1.54) is 0 Å².